The number of carbonyl (C=O) groups is 1. The number of rotatable bonds is 6. The highest BCUT2D eigenvalue weighted by Gasteiger charge is 1.99. The minimum Gasteiger partial charge on any atom is -0.462 e. The molecule has 0 saturated carbocycles. The van der Waals surface area contributed by atoms with Crippen LogP contribution in [-0.4, -0.2) is 29.1 Å². The molecular weight excluding hydrogens is 258 g/mol. The third-order valence-corrected chi connectivity index (χ3v) is 2.34. The predicted octanol–water partition coefficient (Wildman–Crippen LogP) is 2.05. The van der Waals surface area contributed by atoms with Gasteiger partial charge in [-0.2, -0.15) is 0 Å². The fourth-order valence-corrected chi connectivity index (χ4v) is 1.45. The zero-order valence-electron chi connectivity index (χ0n) is 11.1. The summed E-state index contributed by atoms with van der Waals surface area (Å²) in [6.07, 6.45) is 6.17. The standard InChI is InChI=1S/C14H15N3O3/c1-11-3-4-12(20-11)5-6-13(18)19-10-9-17-14-15-7-2-8-16-14/h2-8H,9-10H2,1H3,(H,15,16,17)/b6-5+. The van der Waals surface area contributed by atoms with E-state index in [9.17, 15) is 4.79 Å². The Morgan fingerprint density at radius 2 is 2.20 bits per heavy atom. The van der Waals surface area contributed by atoms with Crippen molar-refractivity contribution in [3.63, 3.8) is 0 Å². The van der Waals surface area contributed by atoms with Gasteiger partial charge in [0.25, 0.3) is 0 Å². The lowest BCUT2D eigenvalue weighted by Gasteiger charge is -2.03. The van der Waals surface area contributed by atoms with Crippen molar-refractivity contribution in [2.75, 3.05) is 18.5 Å². The highest BCUT2D eigenvalue weighted by atomic mass is 16.5. The van der Waals surface area contributed by atoms with Gasteiger partial charge < -0.3 is 14.5 Å². The van der Waals surface area contributed by atoms with Crippen molar-refractivity contribution in [1.29, 1.82) is 0 Å². The van der Waals surface area contributed by atoms with Gasteiger partial charge in [-0.05, 0) is 31.2 Å². The molecule has 0 radical (unpaired) electrons. The third-order valence-electron chi connectivity index (χ3n) is 2.34. The number of hydrogen-bond donors (Lipinski definition) is 1. The molecular formula is C14H15N3O3. The van der Waals surface area contributed by atoms with E-state index in [1.807, 2.05) is 13.0 Å². The second-order valence-corrected chi connectivity index (χ2v) is 3.95. The summed E-state index contributed by atoms with van der Waals surface area (Å²) >= 11 is 0. The minimum atomic E-state index is -0.421. The van der Waals surface area contributed by atoms with Gasteiger partial charge in [-0.3, -0.25) is 0 Å². The molecule has 0 aliphatic rings. The van der Waals surface area contributed by atoms with Crippen LogP contribution in [0.25, 0.3) is 6.08 Å². The molecule has 20 heavy (non-hydrogen) atoms. The van der Waals surface area contributed by atoms with E-state index in [0.717, 1.165) is 5.76 Å². The van der Waals surface area contributed by atoms with Crippen molar-refractivity contribution in [3.8, 4) is 0 Å². The Morgan fingerprint density at radius 3 is 2.90 bits per heavy atom. The predicted molar refractivity (Wildman–Crippen MR) is 74.0 cm³/mol. The zero-order valence-corrected chi connectivity index (χ0v) is 11.1. The Bertz CT molecular complexity index is 578. The molecule has 0 unspecified atom stereocenters. The average molecular weight is 273 g/mol. The zero-order chi connectivity index (χ0) is 14.2. The van der Waals surface area contributed by atoms with Crippen LogP contribution in [0.1, 0.15) is 11.5 Å². The summed E-state index contributed by atoms with van der Waals surface area (Å²) in [5.41, 5.74) is 0. The molecule has 0 bridgehead atoms. The van der Waals surface area contributed by atoms with Gasteiger partial charge in [-0.25, -0.2) is 14.8 Å². The fourth-order valence-electron chi connectivity index (χ4n) is 1.45. The molecule has 6 heteroatoms. The summed E-state index contributed by atoms with van der Waals surface area (Å²) in [7, 11) is 0. The first-order chi connectivity index (χ1) is 9.74. The first kappa shape index (κ1) is 13.8. The third kappa shape index (κ3) is 4.56. The largest absolute Gasteiger partial charge is 0.462 e. The van der Waals surface area contributed by atoms with Crippen LogP contribution in [0.3, 0.4) is 0 Å². The van der Waals surface area contributed by atoms with Gasteiger partial charge >= 0.3 is 5.97 Å². The van der Waals surface area contributed by atoms with Crippen molar-refractivity contribution in [1.82, 2.24) is 9.97 Å². The van der Waals surface area contributed by atoms with Gasteiger partial charge in [0.2, 0.25) is 5.95 Å². The van der Waals surface area contributed by atoms with Crippen LogP contribution in [0.2, 0.25) is 0 Å². The lowest BCUT2D eigenvalue weighted by atomic mass is 10.4. The van der Waals surface area contributed by atoms with Gasteiger partial charge in [0.15, 0.2) is 0 Å². The minimum absolute atomic E-state index is 0.235. The van der Waals surface area contributed by atoms with Gasteiger partial charge in [0.1, 0.15) is 18.1 Å². The Hall–Kier alpha value is -2.63. The molecule has 0 fully saturated rings. The van der Waals surface area contributed by atoms with E-state index >= 15 is 0 Å². The molecule has 0 amide bonds. The monoisotopic (exact) mass is 273 g/mol. The first-order valence-electron chi connectivity index (χ1n) is 6.16. The van der Waals surface area contributed by atoms with E-state index in [4.69, 9.17) is 9.15 Å². The Labute approximate surface area is 116 Å². The second-order valence-electron chi connectivity index (χ2n) is 3.95. The number of nitrogens with zero attached hydrogens (tertiary/aromatic N) is 2. The lowest BCUT2D eigenvalue weighted by Crippen LogP contribution is -2.13. The number of hydrogen-bond acceptors (Lipinski definition) is 6. The molecule has 104 valence electrons. The molecule has 6 nitrogen and oxygen atoms in total. The van der Waals surface area contributed by atoms with Crippen LogP contribution in [0.4, 0.5) is 5.95 Å². The number of furan rings is 1. The Kier molecular flexibility index (Phi) is 4.88. The Morgan fingerprint density at radius 1 is 1.40 bits per heavy atom. The maximum absolute atomic E-state index is 11.4. The first-order valence-corrected chi connectivity index (χ1v) is 6.16. The van der Waals surface area contributed by atoms with Crippen LogP contribution in [-0.2, 0) is 9.53 Å². The molecule has 0 saturated heterocycles. The lowest BCUT2D eigenvalue weighted by molar-refractivity contribution is -0.137. The van der Waals surface area contributed by atoms with Crippen molar-refractivity contribution in [3.05, 3.63) is 48.2 Å². The van der Waals surface area contributed by atoms with Gasteiger partial charge in [-0.15, -0.1) is 0 Å². The number of nitrogens with one attached hydrogen (secondary N) is 1. The molecule has 1 N–H and O–H groups in total. The molecule has 0 aliphatic heterocycles. The maximum atomic E-state index is 11.4. The van der Waals surface area contributed by atoms with Gasteiger partial charge in [-0.1, -0.05) is 0 Å². The topological polar surface area (TPSA) is 77.2 Å². The average Bonchev–Trinajstić information content (AvgIpc) is 2.88. The highest BCUT2D eigenvalue weighted by molar-refractivity contribution is 5.86. The smallest absolute Gasteiger partial charge is 0.330 e. The van der Waals surface area contributed by atoms with Crippen molar-refractivity contribution in [2.24, 2.45) is 0 Å². The quantitative estimate of drug-likeness (QED) is 0.493. The van der Waals surface area contributed by atoms with Gasteiger partial charge in [0, 0.05) is 18.5 Å². The van der Waals surface area contributed by atoms with Crippen LogP contribution >= 0.6 is 0 Å². The van der Waals surface area contributed by atoms with E-state index in [1.165, 1.54) is 6.08 Å². The number of esters is 1. The van der Waals surface area contributed by atoms with Crippen molar-refractivity contribution in [2.45, 2.75) is 6.92 Å². The number of ether oxygens (including phenoxy) is 1. The molecule has 0 spiro atoms. The second kappa shape index (κ2) is 7.08. The summed E-state index contributed by atoms with van der Waals surface area (Å²) in [6, 6.07) is 5.34. The van der Waals surface area contributed by atoms with Crippen LogP contribution in [0.15, 0.2) is 41.1 Å². The molecule has 0 atom stereocenters. The molecule has 2 aromatic heterocycles. The van der Waals surface area contributed by atoms with Crippen molar-refractivity contribution < 1.29 is 13.9 Å². The highest BCUT2D eigenvalue weighted by Crippen LogP contribution is 2.07. The van der Waals surface area contributed by atoms with Crippen LogP contribution < -0.4 is 5.32 Å². The van der Waals surface area contributed by atoms with Crippen LogP contribution in [0.5, 0.6) is 0 Å². The van der Waals surface area contributed by atoms with E-state index in [-0.39, 0.29) is 6.61 Å². The number of carbonyl (C=O) groups excluding carboxylic acids is 1. The van der Waals surface area contributed by atoms with E-state index in [2.05, 4.69) is 15.3 Å². The summed E-state index contributed by atoms with van der Waals surface area (Å²) in [6.45, 7) is 2.52. The molecule has 0 aromatic carbocycles. The molecule has 2 heterocycles. The summed E-state index contributed by atoms with van der Waals surface area (Å²) in [4.78, 5) is 19.4. The molecule has 2 rings (SSSR count). The summed E-state index contributed by atoms with van der Waals surface area (Å²) in [5, 5.41) is 2.94. The SMILES string of the molecule is Cc1ccc(/C=C/C(=O)OCCNc2ncccn2)o1. The number of aryl methyl sites for hydroxylation is 1. The number of aromatic nitrogens is 2. The fraction of sp³-hybridized carbons (Fsp3) is 0.214. The maximum Gasteiger partial charge on any atom is 0.330 e. The Balaban J connectivity index is 1.66. The number of anilines is 1. The van der Waals surface area contributed by atoms with Crippen molar-refractivity contribution >= 4 is 18.0 Å². The van der Waals surface area contributed by atoms with Gasteiger partial charge in [0.05, 0.1) is 6.54 Å². The molecule has 2 aromatic rings. The van der Waals surface area contributed by atoms with E-state index < -0.39 is 5.97 Å². The van der Waals surface area contributed by atoms with E-state index in [0.29, 0.717) is 18.3 Å². The summed E-state index contributed by atoms with van der Waals surface area (Å²) in [5.74, 6) is 1.50. The van der Waals surface area contributed by atoms with E-state index in [1.54, 1.807) is 30.6 Å². The molecule has 0 aliphatic carbocycles. The summed E-state index contributed by atoms with van der Waals surface area (Å²) < 4.78 is 10.3. The normalized spacial score (nSPS) is 10.7. The van der Waals surface area contributed by atoms with Crippen LogP contribution in [0, 0.1) is 6.92 Å².